The number of nitrogen functional groups attached to an aromatic ring is 1. The quantitative estimate of drug-likeness (QED) is 0.895. The Morgan fingerprint density at radius 2 is 1.95 bits per heavy atom. The molecular formula is C14H21N3O2S. The minimum Gasteiger partial charge on any atom is -0.390 e. The zero-order chi connectivity index (χ0) is 14.7. The molecule has 0 aliphatic carbocycles. The van der Waals surface area contributed by atoms with Crippen molar-refractivity contribution in [2.75, 3.05) is 25.4 Å². The van der Waals surface area contributed by atoms with E-state index < -0.39 is 0 Å². The van der Waals surface area contributed by atoms with E-state index in [2.05, 4.69) is 5.32 Å². The monoisotopic (exact) mass is 295 g/mol. The van der Waals surface area contributed by atoms with Crippen molar-refractivity contribution in [1.29, 1.82) is 0 Å². The van der Waals surface area contributed by atoms with E-state index in [1.807, 2.05) is 11.8 Å². The van der Waals surface area contributed by atoms with E-state index in [9.17, 15) is 9.59 Å². The molecule has 0 atom stereocenters. The van der Waals surface area contributed by atoms with Gasteiger partial charge < -0.3 is 16.0 Å². The van der Waals surface area contributed by atoms with Crippen molar-refractivity contribution < 1.29 is 9.59 Å². The molecule has 1 aliphatic rings. The lowest BCUT2D eigenvalue weighted by molar-refractivity contribution is 0.0725. The number of piperidine rings is 1. The number of nitrogens with zero attached hydrogens (tertiary/aromatic N) is 1. The first kappa shape index (κ1) is 14.8. The second kappa shape index (κ2) is 6.26. The molecule has 0 aromatic carbocycles. The van der Waals surface area contributed by atoms with Crippen molar-refractivity contribution in [3.05, 3.63) is 16.0 Å². The van der Waals surface area contributed by atoms with Gasteiger partial charge in [0.05, 0.1) is 15.4 Å². The number of likely N-dealkylation sites (tertiary alicyclic amines) is 1. The molecule has 1 aromatic rings. The van der Waals surface area contributed by atoms with E-state index in [1.165, 1.54) is 17.8 Å². The number of carbonyl (C=O) groups excluding carboxylic acids is 2. The SMILES string of the molecule is CCNC(=O)c1sc(N)c(C(=O)N2CCCCC2)c1C. The van der Waals surface area contributed by atoms with Crippen LogP contribution in [0.2, 0.25) is 0 Å². The molecule has 2 amide bonds. The molecular weight excluding hydrogens is 274 g/mol. The number of nitrogens with two attached hydrogens (primary N) is 1. The van der Waals surface area contributed by atoms with Crippen LogP contribution in [0.3, 0.4) is 0 Å². The molecule has 2 heterocycles. The number of carbonyl (C=O) groups is 2. The zero-order valence-corrected chi connectivity index (χ0v) is 12.8. The first-order chi connectivity index (χ1) is 9.56. The fourth-order valence-corrected chi connectivity index (χ4v) is 3.50. The smallest absolute Gasteiger partial charge is 0.261 e. The van der Waals surface area contributed by atoms with Crippen LogP contribution in [0.4, 0.5) is 5.00 Å². The molecule has 20 heavy (non-hydrogen) atoms. The molecule has 1 saturated heterocycles. The molecule has 1 aliphatic heterocycles. The summed E-state index contributed by atoms with van der Waals surface area (Å²) in [6.07, 6.45) is 3.25. The highest BCUT2D eigenvalue weighted by Gasteiger charge is 2.27. The molecule has 0 saturated carbocycles. The molecule has 0 unspecified atom stereocenters. The standard InChI is InChI=1S/C14H21N3O2S/c1-3-16-13(18)11-9(2)10(12(15)20-11)14(19)17-7-5-4-6-8-17/h3-8,15H2,1-2H3,(H,16,18). The topological polar surface area (TPSA) is 75.4 Å². The lowest BCUT2D eigenvalue weighted by Gasteiger charge is -2.26. The van der Waals surface area contributed by atoms with Gasteiger partial charge in [0.2, 0.25) is 0 Å². The predicted octanol–water partition coefficient (Wildman–Crippen LogP) is 2.01. The van der Waals surface area contributed by atoms with Crippen molar-refractivity contribution >= 4 is 28.2 Å². The van der Waals surface area contributed by atoms with Crippen molar-refractivity contribution in [1.82, 2.24) is 10.2 Å². The van der Waals surface area contributed by atoms with Gasteiger partial charge in [-0.25, -0.2) is 0 Å². The third-order valence-corrected chi connectivity index (χ3v) is 4.69. The highest BCUT2D eigenvalue weighted by Crippen LogP contribution is 2.32. The van der Waals surface area contributed by atoms with E-state index >= 15 is 0 Å². The molecule has 1 fully saturated rings. The van der Waals surface area contributed by atoms with Gasteiger partial charge in [-0.15, -0.1) is 11.3 Å². The first-order valence-electron chi connectivity index (χ1n) is 7.02. The summed E-state index contributed by atoms with van der Waals surface area (Å²) in [7, 11) is 0. The Hall–Kier alpha value is -1.56. The second-order valence-electron chi connectivity index (χ2n) is 5.01. The normalized spacial score (nSPS) is 15.2. The van der Waals surface area contributed by atoms with Crippen LogP contribution in [0.1, 0.15) is 51.8 Å². The van der Waals surface area contributed by atoms with Crippen LogP contribution in [0.5, 0.6) is 0 Å². The minimum absolute atomic E-state index is 0.0356. The Morgan fingerprint density at radius 3 is 2.55 bits per heavy atom. The molecule has 1 aromatic heterocycles. The van der Waals surface area contributed by atoms with Gasteiger partial charge in [0.1, 0.15) is 0 Å². The molecule has 6 heteroatoms. The van der Waals surface area contributed by atoms with Crippen molar-refractivity contribution in [2.45, 2.75) is 33.1 Å². The van der Waals surface area contributed by atoms with Gasteiger partial charge in [-0.3, -0.25) is 9.59 Å². The number of hydrogen-bond donors (Lipinski definition) is 2. The van der Waals surface area contributed by atoms with Crippen LogP contribution in [-0.2, 0) is 0 Å². The van der Waals surface area contributed by atoms with Crippen molar-refractivity contribution in [3.8, 4) is 0 Å². The summed E-state index contributed by atoms with van der Waals surface area (Å²) in [4.78, 5) is 26.9. The third kappa shape index (κ3) is 2.80. The number of amides is 2. The maximum absolute atomic E-state index is 12.6. The van der Waals surface area contributed by atoms with Crippen LogP contribution >= 0.6 is 11.3 Å². The van der Waals surface area contributed by atoms with E-state index in [0.29, 0.717) is 27.5 Å². The molecule has 0 radical (unpaired) electrons. The van der Waals surface area contributed by atoms with E-state index in [4.69, 9.17) is 5.73 Å². The van der Waals surface area contributed by atoms with Gasteiger partial charge >= 0.3 is 0 Å². The Kier molecular flexibility index (Phi) is 4.65. The van der Waals surface area contributed by atoms with Crippen LogP contribution in [0.15, 0.2) is 0 Å². The Morgan fingerprint density at radius 1 is 1.30 bits per heavy atom. The van der Waals surface area contributed by atoms with Gasteiger partial charge in [0, 0.05) is 19.6 Å². The zero-order valence-electron chi connectivity index (χ0n) is 12.0. The maximum atomic E-state index is 12.6. The molecule has 3 N–H and O–H groups in total. The molecule has 0 spiro atoms. The van der Waals surface area contributed by atoms with Gasteiger partial charge in [0.15, 0.2) is 0 Å². The summed E-state index contributed by atoms with van der Waals surface area (Å²) >= 11 is 1.20. The lowest BCUT2D eigenvalue weighted by atomic mass is 10.1. The van der Waals surface area contributed by atoms with Gasteiger partial charge in [-0.1, -0.05) is 0 Å². The van der Waals surface area contributed by atoms with Gasteiger partial charge in [0.25, 0.3) is 11.8 Å². The van der Waals surface area contributed by atoms with E-state index in [0.717, 1.165) is 25.9 Å². The fourth-order valence-electron chi connectivity index (χ4n) is 2.51. The second-order valence-corrected chi connectivity index (χ2v) is 6.06. The molecule has 5 nitrogen and oxygen atoms in total. The minimum atomic E-state index is -0.153. The summed E-state index contributed by atoms with van der Waals surface area (Å²) in [6.45, 7) is 5.79. The Bertz CT molecular complexity index is 519. The Labute approximate surface area is 123 Å². The fraction of sp³-hybridized carbons (Fsp3) is 0.571. The van der Waals surface area contributed by atoms with Gasteiger partial charge in [-0.05, 0) is 38.7 Å². The largest absolute Gasteiger partial charge is 0.390 e. The number of hydrogen-bond acceptors (Lipinski definition) is 4. The van der Waals surface area contributed by atoms with Crippen LogP contribution < -0.4 is 11.1 Å². The predicted molar refractivity (Wildman–Crippen MR) is 81.2 cm³/mol. The van der Waals surface area contributed by atoms with Crippen LogP contribution in [0, 0.1) is 6.92 Å². The van der Waals surface area contributed by atoms with E-state index in [1.54, 1.807) is 6.92 Å². The van der Waals surface area contributed by atoms with Crippen LogP contribution in [0.25, 0.3) is 0 Å². The molecule has 2 rings (SSSR count). The highest BCUT2D eigenvalue weighted by atomic mass is 32.1. The van der Waals surface area contributed by atoms with Gasteiger partial charge in [-0.2, -0.15) is 0 Å². The average molecular weight is 295 g/mol. The average Bonchev–Trinajstić information content (AvgIpc) is 2.75. The van der Waals surface area contributed by atoms with Crippen LogP contribution in [-0.4, -0.2) is 36.3 Å². The summed E-state index contributed by atoms with van der Waals surface area (Å²) in [5, 5.41) is 3.20. The lowest BCUT2D eigenvalue weighted by Crippen LogP contribution is -2.36. The van der Waals surface area contributed by atoms with Crippen molar-refractivity contribution in [3.63, 3.8) is 0 Å². The Balaban J connectivity index is 2.27. The highest BCUT2D eigenvalue weighted by molar-refractivity contribution is 7.18. The maximum Gasteiger partial charge on any atom is 0.261 e. The summed E-state index contributed by atoms with van der Waals surface area (Å²) in [5.74, 6) is -0.189. The number of anilines is 1. The molecule has 110 valence electrons. The number of thiophene rings is 1. The van der Waals surface area contributed by atoms with Crippen molar-refractivity contribution in [2.24, 2.45) is 0 Å². The summed E-state index contributed by atoms with van der Waals surface area (Å²) in [5.41, 5.74) is 7.19. The molecule has 0 bridgehead atoms. The number of nitrogens with one attached hydrogen (secondary N) is 1. The van der Waals surface area contributed by atoms with E-state index in [-0.39, 0.29) is 11.8 Å². The third-order valence-electron chi connectivity index (χ3n) is 3.57. The number of rotatable bonds is 3. The summed E-state index contributed by atoms with van der Waals surface area (Å²) < 4.78 is 0. The summed E-state index contributed by atoms with van der Waals surface area (Å²) in [6, 6.07) is 0. The first-order valence-corrected chi connectivity index (χ1v) is 7.84.